The Bertz CT molecular complexity index is 655. The van der Waals surface area contributed by atoms with Crippen LogP contribution in [0.4, 0.5) is 0 Å². The molecule has 0 bridgehead atoms. The molecule has 1 fully saturated rings. The smallest absolute Gasteiger partial charge is 0.239 e. The molecule has 4 heteroatoms. The molecule has 0 saturated carbocycles. The molecule has 0 aromatic heterocycles. The standard InChI is InChI=1S/C19H22N2O2/c1-21(19(23)18-11-17(22)12-20-18)13-14-7-9-16(10-8-14)15-5-3-2-4-6-15/h2-10,17-18,20,22H,11-13H2,1H3/t17-,18-/m1/s1. The summed E-state index contributed by atoms with van der Waals surface area (Å²) in [6.07, 6.45) is 0.0818. The summed E-state index contributed by atoms with van der Waals surface area (Å²) >= 11 is 0. The predicted molar refractivity (Wildman–Crippen MR) is 90.8 cm³/mol. The van der Waals surface area contributed by atoms with Crippen LogP contribution < -0.4 is 5.32 Å². The van der Waals surface area contributed by atoms with E-state index in [9.17, 15) is 9.90 Å². The molecule has 1 aliphatic heterocycles. The number of hydrogen-bond acceptors (Lipinski definition) is 3. The van der Waals surface area contributed by atoms with Gasteiger partial charge in [0.15, 0.2) is 0 Å². The molecule has 2 aromatic rings. The van der Waals surface area contributed by atoms with Gasteiger partial charge in [0.25, 0.3) is 0 Å². The fraction of sp³-hybridized carbons (Fsp3) is 0.316. The first-order chi connectivity index (χ1) is 11.1. The molecule has 1 aliphatic rings. The lowest BCUT2D eigenvalue weighted by molar-refractivity contribution is -0.132. The fourth-order valence-electron chi connectivity index (χ4n) is 2.96. The molecule has 1 amide bonds. The quantitative estimate of drug-likeness (QED) is 0.908. The Morgan fingerprint density at radius 3 is 2.39 bits per heavy atom. The summed E-state index contributed by atoms with van der Waals surface area (Å²) in [5.41, 5.74) is 3.45. The molecule has 2 atom stereocenters. The van der Waals surface area contributed by atoms with Crippen molar-refractivity contribution in [1.82, 2.24) is 10.2 Å². The van der Waals surface area contributed by atoms with Gasteiger partial charge in [-0.1, -0.05) is 54.6 Å². The van der Waals surface area contributed by atoms with Gasteiger partial charge in [0.05, 0.1) is 12.1 Å². The number of carbonyl (C=O) groups excluding carboxylic acids is 1. The second-order valence-corrected chi connectivity index (χ2v) is 6.11. The van der Waals surface area contributed by atoms with E-state index in [1.165, 1.54) is 11.1 Å². The van der Waals surface area contributed by atoms with Crippen LogP contribution in [0.1, 0.15) is 12.0 Å². The molecule has 0 unspecified atom stereocenters. The van der Waals surface area contributed by atoms with Crippen molar-refractivity contribution in [3.63, 3.8) is 0 Å². The van der Waals surface area contributed by atoms with E-state index in [0.717, 1.165) is 5.56 Å². The molecular weight excluding hydrogens is 288 g/mol. The number of β-amino-alcohol motifs (C(OH)–C–C–N with tert-alkyl or cyclic N) is 1. The summed E-state index contributed by atoms with van der Waals surface area (Å²) in [7, 11) is 1.81. The number of rotatable bonds is 4. The van der Waals surface area contributed by atoms with E-state index in [4.69, 9.17) is 0 Å². The van der Waals surface area contributed by atoms with Crippen LogP contribution in [0.5, 0.6) is 0 Å². The second-order valence-electron chi connectivity index (χ2n) is 6.11. The van der Waals surface area contributed by atoms with Gasteiger partial charge in [-0.05, 0) is 23.1 Å². The van der Waals surface area contributed by atoms with Crippen molar-refractivity contribution in [3.8, 4) is 11.1 Å². The number of hydrogen-bond donors (Lipinski definition) is 2. The number of aliphatic hydroxyl groups excluding tert-OH is 1. The van der Waals surface area contributed by atoms with E-state index < -0.39 is 6.10 Å². The van der Waals surface area contributed by atoms with Crippen molar-refractivity contribution in [2.45, 2.75) is 25.1 Å². The average molecular weight is 310 g/mol. The Morgan fingerprint density at radius 2 is 1.78 bits per heavy atom. The summed E-state index contributed by atoms with van der Waals surface area (Å²) in [4.78, 5) is 14.1. The maximum Gasteiger partial charge on any atom is 0.239 e. The topological polar surface area (TPSA) is 52.6 Å². The summed E-state index contributed by atoms with van der Waals surface area (Å²) in [5, 5.41) is 12.6. The Balaban J connectivity index is 1.63. The van der Waals surface area contributed by atoms with E-state index >= 15 is 0 Å². The summed E-state index contributed by atoms with van der Waals surface area (Å²) in [5.74, 6) is 0.0358. The van der Waals surface area contributed by atoms with Gasteiger partial charge >= 0.3 is 0 Å². The number of benzene rings is 2. The van der Waals surface area contributed by atoms with Crippen molar-refractivity contribution in [1.29, 1.82) is 0 Å². The van der Waals surface area contributed by atoms with Crippen molar-refractivity contribution < 1.29 is 9.90 Å². The first-order valence-corrected chi connectivity index (χ1v) is 7.94. The van der Waals surface area contributed by atoms with E-state index in [-0.39, 0.29) is 11.9 Å². The molecule has 120 valence electrons. The van der Waals surface area contributed by atoms with E-state index in [1.54, 1.807) is 11.9 Å². The molecule has 4 nitrogen and oxygen atoms in total. The first kappa shape index (κ1) is 15.7. The molecule has 2 N–H and O–H groups in total. The molecule has 2 aromatic carbocycles. The van der Waals surface area contributed by atoms with Gasteiger partial charge in [-0.3, -0.25) is 4.79 Å². The van der Waals surface area contributed by atoms with Crippen molar-refractivity contribution in [2.24, 2.45) is 0 Å². The highest BCUT2D eigenvalue weighted by molar-refractivity contribution is 5.82. The monoisotopic (exact) mass is 310 g/mol. The Kier molecular flexibility index (Phi) is 4.74. The number of aliphatic hydroxyl groups is 1. The molecule has 23 heavy (non-hydrogen) atoms. The zero-order valence-electron chi connectivity index (χ0n) is 13.3. The van der Waals surface area contributed by atoms with Crippen molar-refractivity contribution in [3.05, 3.63) is 60.2 Å². The highest BCUT2D eigenvalue weighted by Crippen LogP contribution is 2.20. The van der Waals surface area contributed by atoms with Crippen LogP contribution >= 0.6 is 0 Å². The molecular formula is C19H22N2O2. The molecule has 1 saturated heterocycles. The normalized spacial score (nSPS) is 20.4. The minimum absolute atomic E-state index is 0.0358. The minimum atomic E-state index is -0.414. The van der Waals surface area contributed by atoms with Crippen LogP contribution in [0.3, 0.4) is 0 Å². The zero-order chi connectivity index (χ0) is 16.2. The number of amides is 1. The minimum Gasteiger partial charge on any atom is -0.392 e. The molecule has 0 radical (unpaired) electrons. The molecule has 1 heterocycles. The third-order valence-corrected chi connectivity index (χ3v) is 4.26. The number of likely N-dealkylation sites (N-methyl/N-ethyl adjacent to an activating group) is 1. The summed E-state index contributed by atoms with van der Waals surface area (Å²) in [6, 6.07) is 18.2. The number of nitrogens with one attached hydrogen (secondary N) is 1. The van der Waals surface area contributed by atoms with Crippen molar-refractivity contribution >= 4 is 5.91 Å². The van der Waals surface area contributed by atoms with Gasteiger partial charge in [0.2, 0.25) is 5.91 Å². The van der Waals surface area contributed by atoms with Gasteiger partial charge in [0, 0.05) is 20.1 Å². The maximum atomic E-state index is 12.3. The SMILES string of the molecule is CN(Cc1ccc(-c2ccccc2)cc1)C(=O)[C@H]1C[C@@H](O)CN1. The predicted octanol–water partition coefficient (Wildman–Crippen LogP) is 2.03. The third-order valence-electron chi connectivity index (χ3n) is 4.26. The van der Waals surface area contributed by atoms with Crippen LogP contribution in [-0.4, -0.2) is 41.7 Å². The number of carbonyl (C=O) groups is 1. The lowest BCUT2D eigenvalue weighted by atomic mass is 10.0. The first-order valence-electron chi connectivity index (χ1n) is 7.94. The van der Waals surface area contributed by atoms with Gasteiger partial charge in [-0.25, -0.2) is 0 Å². The maximum absolute atomic E-state index is 12.3. The molecule has 0 spiro atoms. The molecule has 3 rings (SSSR count). The Morgan fingerprint density at radius 1 is 1.13 bits per heavy atom. The highest BCUT2D eigenvalue weighted by Gasteiger charge is 2.29. The van der Waals surface area contributed by atoms with Crippen LogP contribution in [0.15, 0.2) is 54.6 Å². The Labute approximate surface area is 136 Å². The summed E-state index contributed by atoms with van der Waals surface area (Å²) < 4.78 is 0. The third kappa shape index (κ3) is 3.78. The highest BCUT2D eigenvalue weighted by atomic mass is 16.3. The van der Waals surface area contributed by atoms with Gasteiger partial charge in [-0.15, -0.1) is 0 Å². The summed E-state index contributed by atoms with van der Waals surface area (Å²) in [6.45, 7) is 1.07. The van der Waals surface area contributed by atoms with E-state index in [2.05, 4.69) is 41.7 Å². The Hall–Kier alpha value is -2.17. The lowest BCUT2D eigenvalue weighted by Crippen LogP contribution is -2.41. The number of nitrogens with zero attached hydrogens (tertiary/aromatic N) is 1. The largest absolute Gasteiger partial charge is 0.392 e. The van der Waals surface area contributed by atoms with Crippen LogP contribution in [0, 0.1) is 0 Å². The van der Waals surface area contributed by atoms with Crippen LogP contribution in [-0.2, 0) is 11.3 Å². The van der Waals surface area contributed by atoms with Gasteiger partial charge < -0.3 is 15.3 Å². The van der Waals surface area contributed by atoms with Crippen molar-refractivity contribution in [2.75, 3.05) is 13.6 Å². The van der Waals surface area contributed by atoms with Crippen LogP contribution in [0.25, 0.3) is 11.1 Å². The average Bonchev–Trinajstić information content (AvgIpc) is 3.02. The van der Waals surface area contributed by atoms with Crippen LogP contribution in [0.2, 0.25) is 0 Å². The lowest BCUT2D eigenvalue weighted by Gasteiger charge is -2.21. The van der Waals surface area contributed by atoms with E-state index in [1.807, 2.05) is 18.2 Å². The van der Waals surface area contributed by atoms with Gasteiger partial charge in [0.1, 0.15) is 0 Å². The van der Waals surface area contributed by atoms with E-state index in [0.29, 0.717) is 19.5 Å². The van der Waals surface area contributed by atoms with Gasteiger partial charge in [-0.2, -0.15) is 0 Å². The fourth-order valence-corrected chi connectivity index (χ4v) is 2.96. The zero-order valence-corrected chi connectivity index (χ0v) is 13.3. The second kappa shape index (κ2) is 6.94. The molecule has 0 aliphatic carbocycles.